The zero-order valence-electron chi connectivity index (χ0n) is 24.6. The number of nitrogens with one attached hydrogen (secondary N) is 1. The van der Waals surface area contributed by atoms with Crippen molar-refractivity contribution in [2.45, 2.75) is 50.2 Å². The van der Waals surface area contributed by atoms with Gasteiger partial charge in [0.25, 0.3) is 10.0 Å². The fourth-order valence-electron chi connectivity index (χ4n) is 4.71. The average Bonchev–Trinajstić information content (AvgIpc) is 3.02. The Morgan fingerprint density at radius 3 is 2.11 bits per heavy atom. The number of rotatable bonds is 13. The van der Waals surface area contributed by atoms with E-state index < -0.39 is 34.3 Å². The average molecular weight is 681 g/mol. The summed E-state index contributed by atoms with van der Waals surface area (Å²) in [5.74, 6) is -1.82. The molecule has 0 spiro atoms. The van der Waals surface area contributed by atoms with E-state index >= 15 is 4.39 Å². The number of amides is 2. The van der Waals surface area contributed by atoms with Gasteiger partial charge in [0.15, 0.2) is 0 Å². The second-order valence-electron chi connectivity index (χ2n) is 10.5. The molecule has 2 amide bonds. The molecule has 0 aliphatic rings. The Hall–Kier alpha value is -4.02. The number of nitrogens with zero attached hydrogens (tertiary/aromatic N) is 2. The van der Waals surface area contributed by atoms with Crippen molar-refractivity contribution in [1.29, 1.82) is 0 Å². The third kappa shape index (κ3) is 8.33. The molecular weight excluding hydrogens is 645 g/mol. The van der Waals surface area contributed by atoms with E-state index in [1.54, 1.807) is 18.2 Å². The van der Waals surface area contributed by atoms with Crippen LogP contribution >= 0.6 is 15.9 Å². The van der Waals surface area contributed by atoms with Crippen molar-refractivity contribution in [1.82, 2.24) is 10.2 Å². The van der Waals surface area contributed by atoms with Gasteiger partial charge in [-0.2, -0.15) is 0 Å². The molecular formula is C34H35BrFN3O4S. The van der Waals surface area contributed by atoms with Gasteiger partial charge in [-0.25, -0.2) is 12.8 Å². The number of carbonyl (C=O) groups is 2. The molecule has 1 N–H and O–H groups in total. The minimum Gasteiger partial charge on any atom is -0.352 e. The second-order valence-corrected chi connectivity index (χ2v) is 13.2. The van der Waals surface area contributed by atoms with Gasteiger partial charge in [0.05, 0.1) is 10.6 Å². The molecule has 44 heavy (non-hydrogen) atoms. The first kappa shape index (κ1) is 32.9. The number of hydrogen-bond acceptors (Lipinski definition) is 4. The van der Waals surface area contributed by atoms with E-state index in [1.807, 2.05) is 68.4 Å². The van der Waals surface area contributed by atoms with Gasteiger partial charge in [-0.05, 0) is 60.9 Å². The van der Waals surface area contributed by atoms with Crippen molar-refractivity contribution in [2.75, 3.05) is 10.8 Å². The van der Waals surface area contributed by atoms with E-state index in [4.69, 9.17) is 0 Å². The van der Waals surface area contributed by atoms with Crippen LogP contribution in [0.2, 0.25) is 0 Å². The normalized spacial score (nSPS) is 12.6. The maximum absolute atomic E-state index is 15.2. The molecule has 0 bridgehead atoms. The number of anilines is 1. The summed E-state index contributed by atoms with van der Waals surface area (Å²) in [5, 5.41) is 3.00. The van der Waals surface area contributed by atoms with Gasteiger partial charge < -0.3 is 10.2 Å². The van der Waals surface area contributed by atoms with Crippen molar-refractivity contribution in [3.8, 4) is 0 Å². The van der Waals surface area contributed by atoms with Gasteiger partial charge in [0, 0.05) is 23.5 Å². The van der Waals surface area contributed by atoms with Gasteiger partial charge in [0.1, 0.15) is 18.4 Å². The van der Waals surface area contributed by atoms with Crippen LogP contribution in [0.5, 0.6) is 0 Å². The van der Waals surface area contributed by atoms with Crippen molar-refractivity contribution in [3.63, 3.8) is 0 Å². The molecule has 230 valence electrons. The van der Waals surface area contributed by atoms with Crippen molar-refractivity contribution in [2.24, 2.45) is 0 Å². The molecule has 0 saturated heterocycles. The van der Waals surface area contributed by atoms with Crippen LogP contribution in [0.3, 0.4) is 0 Å². The molecule has 4 aromatic carbocycles. The molecule has 0 aliphatic carbocycles. The quantitative estimate of drug-likeness (QED) is 0.179. The largest absolute Gasteiger partial charge is 0.352 e. The number of halogens is 2. The molecule has 0 aromatic heterocycles. The van der Waals surface area contributed by atoms with Crippen LogP contribution in [-0.2, 0) is 32.6 Å². The van der Waals surface area contributed by atoms with Gasteiger partial charge in [-0.3, -0.25) is 13.9 Å². The van der Waals surface area contributed by atoms with Crippen LogP contribution in [0.25, 0.3) is 0 Å². The molecule has 2 atom stereocenters. The third-order valence-electron chi connectivity index (χ3n) is 7.25. The summed E-state index contributed by atoms with van der Waals surface area (Å²) in [6.07, 6.45) is 0.869. The van der Waals surface area contributed by atoms with Crippen LogP contribution in [-0.4, -0.2) is 43.8 Å². The summed E-state index contributed by atoms with van der Waals surface area (Å²) in [4.78, 5) is 29.5. The zero-order valence-corrected chi connectivity index (χ0v) is 27.0. The van der Waals surface area contributed by atoms with E-state index in [1.165, 1.54) is 35.2 Å². The fraction of sp³-hybridized carbons (Fsp3) is 0.235. The highest BCUT2D eigenvalue weighted by Crippen LogP contribution is 2.27. The maximum atomic E-state index is 15.2. The lowest BCUT2D eigenvalue weighted by Crippen LogP contribution is -2.54. The van der Waals surface area contributed by atoms with Gasteiger partial charge in [0.2, 0.25) is 11.8 Å². The van der Waals surface area contributed by atoms with Crippen LogP contribution in [0.15, 0.2) is 119 Å². The SMILES string of the molecule is CCC(C)NC(=O)C(Cc1ccccc1)N(Cc1cccc(Br)c1)C(=O)CN(c1ccccc1F)S(=O)(=O)c1ccccc1. The molecule has 0 aliphatic heterocycles. The van der Waals surface area contributed by atoms with Gasteiger partial charge in [-0.15, -0.1) is 0 Å². The van der Waals surface area contributed by atoms with Crippen LogP contribution < -0.4 is 9.62 Å². The van der Waals surface area contributed by atoms with Crippen molar-refractivity contribution >= 4 is 43.5 Å². The Labute approximate surface area is 266 Å². The highest BCUT2D eigenvalue weighted by Gasteiger charge is 2.35. The molecule has 7 nitrogen and oxygen atoms in total. The summed E-state index contributed by atoms with van der Waals surface area (Å²) in [6.45, 7) is 3.11. The first-order valence-corrected chi connectivity index (χ1v) is 16.5. The molecule has 0 fully saturated rings. The van der Waals surface area contributed by atoms with E-state index in [9.17, 15) is 18.0 Å². The highest BCUT2D eigenvalue weighted by atomic mass is 79.9. The molecule has 2 unspecified atom stereocenters. The first-order chi connectivity index (χ1) is 21.1. The lowest BCUT2D eigenvalue weighted by molar-refractivity contribution is -0.140. The van der Waals surface area contributed by atoms with Crippen molar-refractivity contribution in [3.05, 3.63) is 131 Å². The summed E-state index contributed by atoms with van der Waals surface area (Å²) < 4.78 is 44.6. The minimum atomic E-state index is -4.37. The zero-order chi connectivity index (χ0) is 31.7. The van der Waals surface area contributed by atoms with Gasteiger partial charge in [-0.1, -0.05) is 95.7 Å². The Bertz CT molecular complexity index is 1670. The van der Waals surface area contributed by atoms with Crippen LogP contribution in [0.1, 0.15) is 31.4 Å². The summed E-state index contributed by atoms with van der Waals surface area (Å²) in [7, 11) is -4.37. The first-order valence-electron chi connectivity index (χ1n) is 14.3. The second kappa shape index (κ2) is 15.1. The number of benzene rings is 4. The maximum Gasteiger partial charge on any atom is 0.264 e. The van der Waals surface area contributed by atoms with Gasteiger partial charge >= 0.3 is 0 Å². The van der Waals surface area contributed by atoms with E-state index in [-0.39, 0.29) is 35.5 Å². The Balaban J connectivity index is 1.81. The molecule has 4 rings (SSSR count). The molecule has 10 heteroatoms. The molecule has 0 radical (unpaired) electrons. The molecule has 0 saturated carbocycles. The summed E-state index contributed by atoms with van der Waals surface area (Å²) in [6, 6.07) is 28.5. The monoisotopic (exact) mass is 679 g/mol. The topological polar surface area (TPSA) is 86.8 Å². The fourth-order valence-corrected chi connectivity index (χ4v) is 6.60. The Morgan fingerprint density at radius 1 is 0.864 bits per heavy atom. The minimum absolute atomic E-state index is 0.0141. The number of carbonyl (C=O) groups excluding carboxylic acids is 2. The predicted octanol–water partition coefficient (Wildman–Crippen LogP) is 6.34. The predicted molar refractivity (Wildman–Crippen MR) is 174 cm³/mol. The summed E-state index contributed by atoms with van der Waals surface area (Å²) in [5.41, 5.74) is 1.29. The van der Waals surface area contributed by atoms with Crippen molar-refractivity contribution < 1.29 is 22.4 Å². The standard InChI is InChI=1S/C34H35BrFN3O4S/c1-3-25(2)37-34(41)32(22-26-13-6-4-7-14-26)38(23-27-15-12-16-28(35)21-27)33(40)24-39(31-20-11-10-19-30(31)36)44(42,43)29-17-8-5-9-18-29/h4-21,25,32H,3,22-24H2,1-2H3,(H,37,41). The van der Waals surface area contributed by atoms with Crippen LogP contribution in [0, 0.1) is 5.82 Å². The molecule has 0 heterocycles. The van der Waals surface area contributed by atoms with E-state index in [2.05, 4.69) is 21.2 Å². The molecule has 4 aromatic rings. The number of hydrogen-bond donors (Lipinski definition) is 1. The lowest BCUT2D eigenvalue weighted by atomic mass is 10.0. The highest BCUT2D eigenvalue weighted by molar-refractivity contribution is 9.10. The van der Waals surface area contributed by atoms with Crippen LogP contribution in [0.4, 0.5) is 10.1 Å². The van der Waals surface area contributed by atoms with E-state index in [0.717, 1.165) is 26.0 Å². The smallest absolute Gasteiger partial charge is 0.264 e. The Morgan fingerprint density at radius 2 is 1.48 bits per heavy atom. The Kier molecular flexibility index (Phi) is 11.3. The summed E-state index contributed by atoms with van der Waals surface area (Å²) >= 11 is 3.47. The third-order valence-corrected chi connectivity index (χ3v) is 9.51. The number of para-hydroxylation sites is 1. The number of sulfonamides is 1. The van der Waals surface area contributed by atoms with E-state index in [0.29, 0.717) is 6.42 Å². The lowest BCUT2D eigenvalue weighted by Gasteiger charge is -2.34.